The summed E-state index contributed by atoms with van der Waals surface area (Å²) < 4.78 is 10.2. The molecule has 1 fully saturated rings. The maximum Gasteiger partial charge on any atom is 0.0900 e. The van der Waals surface area contributed by atoms with Crippen molar-refractivity contribution in [1.82, 2.24) is 4.90 Å². The number of nitrogens with zero attached hydrogens (tertiary/aromatic N) is 1. The van der Waals surface area contributed by atoms with Crippen LogP contribution in [0.2, 0.25) is 0 Å². The topological polar surface area (TPSA) is 62.2 Å². The molecule has 0 amide bonds. The van der Waals surface area contributed by atoms with Crippen LogP contribution >= 0.6 is 0 Å². The molecule has 5 heteroatoms. The zero-order chi connectivity index (χ0) is 13.4. The zero-order valence-electron chi connectivity index (χ0n) is 11.5. The molecule has 5 nitrogen and oxygen atoms in total. The molecular weight excluding hydrogens is 234 g/mol. The lowest BCUT2D eigenvalue weighted by Gasteiger charge is -2.36. The summed E-state index contributed by atoms with van der Waals surface area (Å²) >= 11 is 0. The second-order valence-corrected chi connectivity index (χ2v) is 5.08. The van der Waals surface area contributed by atoms with Crippen LogP contribution in [0.4, 0.5) is 0 Å². The van der Waals surface area contributed by atoms with Gasteiger partial charge in [0.2, 0.25) is 0 Å². The van der Waals surface area contributed by atoms with E-state index in [2.05, 4.69) is 0 Å². The normalized spacial score (nSPS) is 26.5. The van der Waals surface area contributed by atoms with Crippen molar-refractivity contribution in [2.75, 3.05) is 40.5 Å². The highest BCUT2D eigenvalue weighted by Gasteiger charge is 2.27. The molecule has 0 aromatic carbocycles. The Morgan fingerprint density at radius 3 is 2.67 bits per heavy atom. The number of aliphatic hydroxyl groups excluding tert-OH is 2. The lowest BCUT2D eigenvalue weighted by molar-refractivity contribution is -0.0227. The summed E-state index contributed by atoms with van der Waals surface area (Å²) in [4.78, 5) is 2.05. The summed E-state index contributed by atoms with van der Waals surface area (Å²) in [6.07, 6.45) is 3.37. The van der Waals surface area contributed by atoms with E-state index in [9.17, 15) is 10.2 Å². The Labute approximate surface area is 110 Å². The summed E-state index contributed by atoms with van der Waals surface area (Å²) in [5.41, 5.74) is 0. The van der Waals surface area contributed by atoms with E-state index in [4.69, 9.17) is 9.47 Å². The Morgan fingerprint density at radius 1 is 1.28 bits per heavy atom. The summed E-state index contributed by atoms with van der Waals surface area (Å²) in [7, 11) is 3.58. The Balaban J connectivity index is 2.19. The highest BCUT2D eigenvalue weighted by atomic mass is 16.5. The molecule has 0 aliphatic heterocycles. The molecule has 1 rings (SSSR count). The van der Waals surface area contributed by atoms with Crippen molar-refractivity contribution in [2.45, 2.75) is 43.9 Å². The minimum Gasteiger partial charge on any atom is -0.391 e. The zero-order valence-corrected chi connectivity index (χ0v) is 11.5. The van der Waals surface area contributed by atoms with E-state index in [1.165, 1.54) is 0 Å². The third-order valence-electron chi connectivity index (χ3n) is 3.50. The number of rotatable bonds is 8. The fraction of sp³-hybridized carbons (Fsp3) is 1.00. The van der Waals surface area contributed by atoms with Crippen LogP contribution in [0.3, 0.4) is 0 Å². The number of ether oxygens (including phenoxy) is 2. The summed E-state index contributed by atoms with van der Waals surface area (Å²) in [6, 6.07) is 0.173. The molecule has 18 heavy (non-hydrogen) atoms. The van der Waals surface area contributed by atoms with Gasteiger partial charge in [0, 0.05) is 19.7 Å². The van der Waals surface area contributed by atoms with Crippen molar-refractivity contribution in [3.63, 3.8) is 0 Å². The Bertz CT molecular complexity index is 215. The second-order valence-electron chi connectivity index (χ2n) is 5.08. The van der Waals surface area contributed by atoms with Gasteiger partial charge in [-0.2, -0.15) is 0 Å². The smallest absolute Gasteiger partial charge is 0.0900 e. The van der Waals surface area contributed by atoms with E-state index in [1.807, 2.05) is 11.9 Å². The van der Waals surface area contributed by atoms with Gasteiger partial charge in [-0.25, -0.2) is 0 Å². The molecule has 0 aromatic heterocycles. The average Bonchev–Trinajstić information content (AvgIpc) is 2.35. The van der Waals surface area contributed by atoms with Crippen LogP contribution in [-0.4, -0.2) is 73.9 Å². The third kappa shape index (κ3) is 5.63. The van der Waals surface area contributed by atoms with E-state index < -0.39 is 6.10 Å². The van der Waals surface area contributed by atoms with Crippen LogP contribution in [0, 0.1) is 0 Å². The molecule has 3 atom stereocenters. The van der Waals surface area contributed by atoms with Crippen molar-refractivity contribution < 1.29 is 19.7 Å². The number of aliphatic hydroxyl groups is 2. The highest BCUT2D eigenvalue weighted by Crippen LogP contribution is 2.22. The Hall–Kier alpha value is -0.200. The minimum atomic E-state index is -0.513. The fourth-order valence-corrected chi connectivity index (χ4v) is 2.49. The average molecular weight is 261 g/mol. The summed E-state index contributed by atoms with van der Waals surface area (Å²) in [6.45, 7) is 1.90. The van der Waals surface area contributed by atoms with Crippen LogP contribution in [0.5, 0.6) is 0 Å². The van der Waals surface area contributed by atoms with E-state index in [-0.39, 0.29) is 12.1 Å². The Morgan fingerprint density at radius 2 is 2.00 bits per heavy atom. The van der Waals surface area contributed by atoms with Gasteiger partial charge in [0.05, 0.1) is 32.0 Å². The molecule has 0 bridgehead atoms. The van der Waals surface area contributed by atoms with Gasteiger partial charge < -0.3 is 19.7 Å². The molecule has 0 radical (unpaired) electrons. The van der Waals surface area contributed by atoms with Gasteiger partial charge >= 0.3 is 0 Å². The minimum absolute atomic E-state index is 0.173. The maximum absolute atomic E-state index is 9.93. The molecule has 1 aliphatic rings. The van der Waals surface area contributed by atoms with Gasteiger partial charge in [-0.3, -0.25) is 4.90 Å². The second kappa shape index (κ2) is 8.82. The van der Waals surface area contributed by atoms with E-state index in [0.717, 1.165) is 25.7 Å². The number of hydrogen-bond donors (Lipinski definition) is 2. The largest absolute Gasteiger partial charge is 0.391 e. The molecule has 2 N–H and O–H groups in total. The van der Waals surface area contributed by atoms with Crippen LogP contribution in [0.25, 0.3) is 0 Å². The molecule has 0 spiro atoms. The quantitative estimate of drug-likeness (QED) is 0.613. The van der Waals surface area contributed by atoms with Crippen molar-refractivity contribution in [3.8, 4) is 0 Å². The first-order valence-electron chi connectivity index (χ1n) is 6.78. The SMILES string of the molecule is COCCOCC(O)CN(C)C1CCCCC1O. The molecular formula is C13H27NO4. The lowest BCUT2D eigenvalue weighted by atomic mass is 9.91. The summed E-state index contributed by atoms with van der Waals surface area (Å²) in [5, 5.41) is 19.8. The molecule has 0 saturated heterocycles. The number of hydrogen-bond acceptors (Lipinski definition) is 5. The van der Waals surface area contributed by atoms with Crippen LogP contribution in [0.1, 0.15) is 25.7 Å². The van der Waals surface area contributed by atoms with Crippen molar-refractivity contribution in [1.29, 1.82) is 0 Å². The number of methoxy groups -OCH3 is 1. The predicted molar refractivity (Wildman–Crippen MR) is 69.6 cm³/mol. The maximum atomic E-state index is 9.93. The predicted octanol–water partition coefficient (Wildman–Crippen LogP) is 0.246. The van der Waals surface area contributed by atoms with Gasteiger partial charge in [-0.05, 0) is 19.9 Å². The molecule has 0 aromatic rings. The van der Waals surface area contributed by atoms with E-state index in [0.29, 0.717) is 26.4 Å². The van der Waals surface area contributed by atoms with E-state index in [1.54, 1.807) is 7.11 Å². The Kier molecular flexibility index (Phi) is 7.77. The lowest BCUT2D eigenvalue weighted by Crippen LogP contribution is -2.46. The molecule has 0 heterocycles. The first kappa shape index (κ1) is 15.9. The van der Waals surface area contributed by atoms with Gasteiger partial charge in [-0.15, -0.1) is 0 Å². The third-order valence-corrected chi connectivity index (χ3v) is 3.50. The standard InChI is InChI=1S/C13H27NO4/c1-14(12-5-3-4-6-13(12)16)9-11(15)10-18-8-7-17-2/h11-13,15-16H,3-10H2,1-2H3. The van der Waals surface area contributed by atoms with Crippen LogP contribution in [-0.2, 0) is 9.47 Å². The molecule has 1 saturated carbocycles. The fourth-order valence-electron chi connectivity index (χ4n) is 2.49. The van der Waals surface area contributed by atoms with Gasteiger partial charge in [-0.1, -0.05) is 12.8 Å². The number of likely N-dealkylation sites (N-methyl/N-ethyl adjacent to an activating group) is 1. The van der Waals surface area contributed by atoms with Crippen molar-refractivity contribution in [2.24, 2.45) is 0 Å². The van der Waals surface area contributed by atoms with Gasteiger partial charge in [0.1, 0.15) is 0 Å². The molecule has 108 valence electrons. The first-order chi connectivity index (χ1) is 8.65. The van der Waals surface area contributed by atoms with Gasteiger partial charge in [0.25, 0.3) is 0 Å². The molecule has 3 unspecified atom stereocenters. The molecule has 1 aliphatic carbocycles. The van der Waals surface area contributed by atoms with Crippen LogP contribution < -0.4 is 0 Å². The monoisotopic (exact) mass is 261 g/mol. The van der Waals surface area contributed by atoms with Gasteiger partial charge in [0.15, 0.2) is 0 Å². The van der Waals surface area contributed by atoms with Crippen molar-refractivity contribution >= 4 is 0 Å². The highest BCUT2D eigenvalue weighted by molar-refractivity contribution is 4.82. The van der Waals surface area contributed by atoms with Crippen molar-refractivity contribution in [3.05, 3.63) is 0 Å². The van der Waals surface area contributed by atoms with E-state index >= 15 is 0 Å². The summed E-state index contributed by atoms with van der Waals surface area (Å²) in [5.74, 6) is 0. The van der Waals surface area contributed by atoms with Crippen LogP contribution in [0.15, 0.2) is 0 Å². The first-order valence-corrected chi connectivity index (χ1v) is 6.78.